The predicted molar refractivity (Wildman–Crippen MR) is 143 cm³/mol. The first-order valence-corrected chi connectivity index (χ1v) is 11.9. The largest absolute Gasteiger partial charge is 0.365 e. The van der Waals surface area contributed by atoms with Crippen molar-refractivity contribution in [1.29, 1.82) is 0 Å². The summed E-state index contributed by atoms with van der Waals surface area (Å²) < 4.78 is 0. The molecule has 6 heteroatoms. The van der Waals surface area contributed by atoms with Gasteiger partial charge in [-0.05, 0) is 40.5 Å². The van der Waals surface area contributed by atoms with Crippen molar-refractivity contribution in [3.63, 3.8) is 0 Å². The van der Waals surface area contributed by atoms with Crippen LogP contribution in [0.5, 0.6) is 0 Å². The lowest BCUT2D eigenvalue weighted by Gasteiger charge is -2.19. The number of nitrogens with zero attached hydrogens (tertiary/aromatic N) is 3. The fourth-order valence-electron chi connectivity index (χ4n) is 5.10. The van der Waals surface area contributed by atoms with Crippen molar-refractivity contribution in [3.05, 3.63) is 114 Å². The molecule has 3 heterocycles. The third kappa shape index (κ3) is 3.15. The SMILES string of the molecule is S=C(NC1c2ccccc2-c2c(-c3nc4cnccc4[nH]3)cccc21)c1cccc2ncccc12. The van der Waals surface area contributed by atoms with E-state index < -0.39 is 0 Å². The van der Waals surface area contributed by atoms with E-state index >= 15 is 0 Å². The number of thiocarbonyl (C=S) groups is 1. The fraction of sp³-hybridized carbons (Fsp3) is 0.0345. The fourth-order valence-corrected chi connectivity index (χ4v) is 5.40. The number of benzene rings is 3. The second kappa shape index (κ2) is 7.82. The van der Waals surface area contributed by atoms with Gasteiger partial charge in [0.05, 0.1) is 23.3 Å². The van der Waals surface area contributed by atoms with Crippen molar-refractivity contribution >= 4 is 39.1 Å². The van der Waals surface area contributed by atoms with Gasteiger partial charge in [-0.1, -0.05) is 72.9 Å². The highest BCUT2D eigenvalue weighted by molar-refractivity contribution is 7.80. The van der Waals surface area contributed by atoms with Gasteiger partial charge in [0.25, 0.3) is 0 Å². The normalized spacial score (nSPS) is 14.1. The maximum absolute atomic E-state index is 5.95. The van der Waals surface area contributed by atoms with E-state index in [1.54, 1.807) is 12.4 Å². The Balaban J connectivity index is 1.36. The van der Waals surface area contributed by atoms with Crippen molar-refractivity contribution in [2.75, 3.05) is 0 Å². The lowest BCUT2D eigenvalue weighted by atomic mass is 9.98. The first-order valence-electron chi connectivity index (χ1n) is 11.4. The lowest BCUT2D eigenvalue weighted by molar-refractivity contribution is 0.792. The zero-order chi connectivity index (χ0) is 23.4. The summed E-state index contributed by atoms with van der Waals surface area (Å²) in [7, 11) is 0. The Morgan fingerprint density at radius 3 is 2.60 bits per heavy atom. The number of aromatic amines is 1. The number of imidazole rings is 1. The van der Waals surface area contributed by atoms with E-state index in [0.717, 1.165) is 38.9 Å². The van der Waals surface area contributed by atoms with Crippen LogP contribution in [0.25, 0.3) is 44.5 Å². The maximum atomic E-state index is 5.95. The minimum absolute atomic E-state index is 0.0633. The van der Waals surface area contributed by atoms with E-state index in [9.17, 15) is 0 Å². The Labute approximate surface area is 206 Å². The molecule has 5 nitrogen and oxygen atoms in total. The van der Waals surface area contributed by atoms with Gasteiger partial charge < -0.3 is 10.3 Å². The second-order valence-corrected chi connectivity index (χ2v) is 9.03. The first-order chi connectivity index (χ1) is 17.3. The number of pyridine rings is 2. The molecule has 6 aromatic rings. The molecule has 1 aliphatic carbocycles. The van der Waals surface area contributed by atoms with Gasteiger partial charge in [0.2, 0.25) is 0 Å². The molecule has 0 saturated heterocycles. The van der Waals surface area contributed by atoms with Crippen LogP contribution in [-0.2, 0) is 0 Å². The summed E-state index contributed by atoms with van der Waals surface area (Å²) in [6.45, 7) is 0. The monoisotopic (exact) mass is 469 g/mol. The standard InChI is InChI=1S/C29H19N5S/c35-29(20-8-4-12-23-17(20)11-5-14-31-23)34-27-19-7-2-1-6-18(19)26-21(27)9-3-10-22(26)28-32-24-13-15-30-16-25(24)33-28/h1-16,27H,(H,32,33)(H,34,35). The number of nitrogens with one attached hydrogen (secondary N) is 2. The molecule has 0 bridgehead atoms. The van der Waals surface area contributed by atoms with Crippen molar-refractivity contribution in [3.8, 4) is 22.5 Å². The van der Waals surface area contributed by atoms with E-state index in [-0.39, 0.29) is 6.04 Å². The van der Waals surface area contributed by atoms with Crippen LogP contribution < -0.4 is 5.32 Å². The van der Waals surface area contributed by atoms with Gasteiger partial charge in [-0.25, -0.2) is 4.98 Å². The Kier molecular flexibility index (Phi) is 4.47. The van der Waals surface area contributed by atoms with Gasteiger partial charge in [0, 0.05) is 28.9 Å². The van der Waals surface area contributed by atoms with Gasteiger partial charge in [-0.15, -0.1) is 0 Å². The van der Waals surface area contributed by atoms with Crippen LogP contribution in [0.1, 0.15) is 22.7 Å². The van der Waals surface area contributed by atoms with Gasteiger partial charge in [-0.2, -0.15) is 0 Å². The molecule has 0 aliphatic heterocycles. The molecule has 0 spiro atoms. The van der Waals surface area contributed by atoms with Crippen LogP contribution in [0.15, 0.2) is 97.5 Å². The molecule has 0 radical (unpaired) electrons. The minimum atomic E-state index is -0.0633. The van der Waals surface area contributed by atoms with Crippen LogP contribution in [0, 0.1) is 0 Å². The Morgan fingerprint density at radius 1 is 0.800 bits per heavy atom. The van der Waals surface area contributed by atoms with Gasteiger partial charge in [0.15, 0.2) is 0 Å². The van der Waals surface area contributed by atoms with Gasteiger partial charge >= 0.3 is 0 Å². The van der Waals surface area contributed by atoms with Crippen LogP contribution in [0.4, 0.5) is 0 Å². The minimum Gasteiger partial charge on any atom is -0.365 e. The van der Waals surface area contributed by atoms with Gasteiger partial charge in [-0.3, -0.25) is 9.97 Å². The number of aromatic nitrogens is 4. The lowest BCUT2D eigenvalue weighted by Crippen LogP contribution is -2.27. The molecule has 3 aromatic heterocycles. The van der Waals surface area contributed by atoms with Crippen LogP contribution >= 0.6 is 12.2 Å². The quantitative estimate of drug-likeness (QED) is 0.302. The molecule has 0 saturated carbocycles. The molecular weight excluding hydrogens is 450 g/mol. The summed E-state index contributed by atoms with van der Waals surface area (Å²) in [6, 6.07) is 26.9. The smallest absolute Gasteiger partial charge is 0.139 e. The molecule has 166 valence electrons. The van der Waals surface area contributed by atoms with E-state index in [2.05, 4.69) is 74.9 Å². The number of fused-ring (bicyclic) bond motifs is 5. The summed E-state index contributed by atoms with van der Waals surface area (Å²) in [5.74, 6) is 0.836. The molecule has 2 N–H and O–H groups in total. The van der Waals surface area contributed by atoms with Crippen molar-refractivity contribution in [2.24, 2.45) is 0 Å². The van der Waals surface area contributed by atoms with Crippen LogP contribution in [0.3, 0.4) is 0 Å². The molecule has 1 unspecified atom stereocenters. The van der Waals surface area contributed by atoms with Crippen LogP contribution in [0.2, 0.25) is 0 Å². The highest BCUT2D eigenvalue weighted by atomic mass is 32.1. The zero-order valence-corrected chi connectivity index (χ0v) is 19.4. The molecule has 3 aromatic carbocycles. The van der Waals surface area contributed by atoms with Crippen molar-refractivity contribution in [1.82, 2.24) is 25.3 Å². The zero-order valence-electron chi connectivity index (χ0n) is 18.6. The molecule has 1 atom stereocenters. The summed E-state index contributed by atoms with van der Waals surface area (Å²) in [5.41, 5.74) is 9.56. The van der Waals surface area contributed by atoms with E-state index in [1.165, 1.54) is 22.3 Å². The Morgan fingerprint density at radius 2 is 1.66 bits per heavy atom. The number of hydrogen-bond donors (Lipinski definition) is 2. The Hall–Kier alpha value is -4.42. The maximum Gasteiger partial charge on any atom is 0.139 e. The summed E-state index contributed by atoms with van der Waals surface area (Å²) >= 11 is 5.95. The number of rotatable bonds is 3. The summed E-state index contributed by atoms with van der Waals surface area (Å²) in [5, 5.41) is 4.71. The molecule has 0 amide bonds. The average Bonchev–Trinajstić information content (AvgIpc) is 3.48. The van der Waals surface area contributed by atoms with Crippen molar-refractivity contribution < 1.29 is 0 Å². The van der Waals surface area contributed by atoms with E-state index in [1.807, 2.05) is 30.5 Å². The third-order valence-electron chi connectivity index (χ3n) is 6.66. The summed E-state index contributed by atoms with van der Waals surface area (Å²) in [6.07, 6.45) is 5.37. The first kappa shape index (κ1) is 20.0. The molecule has 35 heavy (non-hydrogen) atoms. The second-order valence-electron chi connectivity index (χ2n) is 8.62. The predicted octanol–water partition coefficient (Wildman–Crippen LogP) is 6.21. The van der Waals surface area contributed by atoms with Gasteiger partial charge in [0.1, 0.15) is 16.3 Å². The van der Waals surface area contributed by atoms with E-state index in [4.69, 9.17) is 17.2 Å². The highest BCUT2D eigenvalue weighted by Crippen LogP contribution is 2.47. The third-order valence-corrected chi connectivity index (χ3v) is 6.99. The average molecular weight is 470 g/mol. The molecule has 0 fully saturated rings. The topological polar surface area (TPSA) is 66.5 Å². The molecule has 7 rings (SSSR count). The number of hydrogen-bond acceptors (Lipinski definition) is 4. The van der Waals surface area contributed by atoms with E-state index in [0.29, 0.717) is 4.99 Å². The van der Waals surface area contributed by atoms with Crippen LogP contribution in [-0.4, -0.2) is 24.9 Å². The Bertz CT molecular complexity index is 1730. The molecule has 1 aliphatic rings. The number of H-pyrrole nitrogens is 1. The van der Waals surface area contributed by atoms with Crippen molar-refractivity contribution in [2.45, 2.75) is 6.04 Å². The highest BCUT2D eigenvalue weighted by Gasteiger charge is 2.32. The molecular formula is C29H19N5S. The summed E-state index contributed by atoms with van der Waals surface area (Å²) in [4.78, 5) is 17.7.